The number of nitrogens with two attached hydrogens (primary N) is 1. The standard InChI is InChI=1S/C22H27N3O3/c23-22(27)19-5-3-4-18(16-19)17-7-9-20(10-8-17)24-21(26)6-1-2-11-25-12-14-28-15-13-25/h3-5,7-10,16H,1-2,6,11-15H2,(H2,23,27)(H,24,26). The number of hydrogen-bond donors (Lipinski definition) is 2. The highest BCUT2D eigenvalue weighted by molar-refractivity contribution is 5.94. The zero-order chi connectivity index (χ0) is 19.8. The van der Waals surface area contributed by atoms with Gasteiger partial charge in [0.15, 0.2) is 0 Å². The van der Waals surface area contributed by atoms with Crippen LogP contribution in [0.15, 0.2) is 48.5 Å². The van der Waals surface area contributed by atoms with Gasteiger partial charge >= 0.3 is 0 Å². The molecule has 0 spiro atoms. The molecule has 0 atom stereocenters. The van der Waals surface area contributed by atoms with Crippen LogP contribution in [0.2, 0.25) is 0 Å². The molecule has 0 saturated carbocycles. The van der Waals surface area contributed by atoms with E-state index >= 15 is 0 Å². The summed E-state index contributed by atoms with van der Waals surface area (Å²) in [5, 5.41) is 2.94. The van der Waals surface area contributed by atoms with E-state index in [4.69, 9.17) is 10.5 Å². The van der Waals surface area contributed by atoms with Crippen molar-refractivity contribution >= 4 is 17.5 Å². The van der Waals surface area contributed by atoms with Crippen molar-refractivity contribution in [2.75, 3.05) is 38.2 Å². The van der Waals surface area contributed by atoms with Gasteiger partial charge in [-0.05, 0) is 54.8 Å². The number of carbonyl (C=O) groups is 2. The van der Waals surface area contributed by atoms with Crippen molar-refractivity contribution in [1.29, 1.82) is 0 Å². The first-order valence-corrected chi connectivity index (χ1v) is 9.72. The van der Waals surface area contributed by atoms with Gasteiger partial charge < -0.3 is 15.8 Å². The highest BCUT2D eigenvalue weighted by Gasteiger charge is 2.10. The molecule has 0 aliphatic carbocycles. The second-order valence-electron chi connectivity index (χ2n) is 6.98. The molecule has 1 aliphatic rings. The van der Waals surface area contributed by atoms with E-state index in [1.54, 1.807) is 12.1 Å². The Bertz CT molecular complexity index is 799. The van der Waals surface area contributed by atoms with Gasteiger partial charge in [-0.2, -0.15) is 0 Å². The van der Waals surface area contributed by atoms with Crippen molar-refractivity contribution in [2.45, 2.75) is 19.3 Å². The highest BCUT2D eigenvalue weighted by atomic mass is 16.5. The van der Waals surface area contributed by atoms with Gasteiger partial charge in [0.1, 0.15) is 0 Å². The Morgan fingerprint density at radius 1 is 1.00 bits per heavy atom. The fourth-order valence-corrected chi connectivity index (χ4v) is 3.27. The molecule has 3 rings (SSSR count). The number of amides is 2. The number of primary amides is 1. The molecule has 2 amide bonds. The van der Waals surface area contributed by atoms with Crippen LogP contribution in [0.25, 0.3) is 11.1 Å². The Hall–Kier alpha value is -2.70. The summed E-state index contributed by atoms with van der Waals surface area (Å²) >= 11 is 0. The number of rotatable bonds is 8. The van der Waals surface area contributed by atoms with Gasteiger partial charge in [-0.15, -0.1) is 0 Å². The summed E-state index contributed by atoms with van der Waals surface area (Å²) in [6, 6.07) is 14.8. The van der Waals surface area contributed by atoms with Gasteiger partial charge in [0.05, 0.1) is 13.2 Å². The third kappa shape index (κ3) is 5.90. The first-order valence-electron chi connectivity index (χ1n) is 9.72. The summed E-state index contributed by atoms with van der Waals surface area (Å²) in [6.45, 7) is 4.62. The third-order valence-corrected chi connectivity index (χ3v) is 4.88. The molecular formula is C22H27N3O3. The number of morpholine rings is 1. The van der Waals surface area contributed by atoms with E-state index < -0.39 is 5.91 Å². The van der Waals surface area contributed by atoms with Gasteiger partial charge in [-0.1, -0.05) is 24.3 Å². The predicted octanol–water partition coefficient (Wildman–Crippen LogP) is 2.89. The summed E-state index contributed by atoms with van der Waals surface area (Å²) in [5.74, 6) is -0.412. The quantitative estimate of drug-likeness (QED) is 0.689. The van der Waals surface area contributed by atoms with E-state index in [1.807, 2.05) is 36.4 Å². The Labute approximate surface area is 165 Å². The number of nitrogens with zero attached hydrogens (tertiary/aromatic N) is 1. The molecule has 6 nitrogen and oxygen atoms in total. The maximum Gasteiger partial charge on any atom is 0.248 e. The lowest BCUT2D eigenvalue weighted by atomic mass is 10.0. The Morgan fingerprint density at radius 3 is 2.46 bits per heavy atom. The molecule has 148 valence electrons. The highest BCUT2D eigenvalue weighted by Crippen LogP contribution is 2.22. The molecule has 0 radical (unpaired) electrons. The molecule has 28 heavy (non-hydrogen) atoms. The van der Waals surface area contributed by atoms with Gasteiger partial charge in [0.25, 0.3) is 0 Å². The molecule has 1 heterocycles. The SMILES string of the molecule is NC(=O)c1cccc(-c2ccc(NC(=O)CCCCN3CCOCC3)cc2)c1. The first kappa shape index (κ1) is 20.0. The van der Waals surface area contributed by atoms with E-state index in [-0.39, 0.29) is 5.91 Å². The molecule has 2 aromatic rings. The van der Waals surface area contributed by atoms with Gasteiger partial charge in [-0.25, -0.2) is 0 Å². The van der Waals surface area contributed by atoms with Crippen LogP contribution in [0.5, 0.6) is 0 Å². The zero-order valence-corrected chi connectivity index (χ0v) is 16.0. The number of benzene rings is 2. The molecule has 0 aromatic heterocycles. The van der Waals surface area contributed by atoms with Crippen LogP contribution in [-0.4, -0.2) is 49.6 Å². The minimum Gasteiger partial charge on any atom is -0.379 e. The van der Waals surface area contributed by atoms with E-state index in [0.29, 0.717) is 12.0 Å². The monoisotopic (exact) mass is 381 g/mol. The van der Waals surface area contributed by atoms with E-state index in [9.17, 15) is 9.59 Å². The van der Waals surface area contributed by atoms with Gasteiger partial charge in [0.2, 0.25) is 11.8 Å². The average Bonchev–Trinajstić information content (AvgIpc) is 2.72. The fourth-order valence-electron chi connectivity index (χ4n) is 3.27. The lowest BCUT2D eigenvalue weighted by Gasteiger charge is -2.26. The number of unbranched alkanes of at least 4 members (excludes halogenated alkanes) is 1. The first-order chi connectivity index (χ1) is 13.6. The number of hydrogen-bond acceptors (Lipinski definition) is 4. The maximum absolute atomic E-state index is 12.1. The number of anilines is 1. The molecule has 1 saturated heterocycles. The van der Waals surface area contributed by atoms with Crippen LogP contribution in [0.1, 0.15) is 29.6 Å². The minimum atomic E-state index is -0.445. The third-order valence-electron chi connectivity index (χ3n) is 4.88. The predicted molar refractivity (Wildman–Crippen MR) is 110 cm³/mol. The smallest absolute Gasteiger partial charge is 0.248 e. The lowest BCUT2D eigenvalue weighted by Crippen LogP contribution is -2.36. The minimum absolute atomic E-state index is 0.0328. The van der Waals surface area contributed by atoms with Crippen molar-refractivity contribution in [2.24, 2.45) is 5.73 Å². The van der Waals surface area contributed by atoms with Crippen LogP contribution in [-0.2, 0) is 9.53 Å². The van der Waals surface area contributed by atoms with Crippen LogP contribution < -0.4 is 11.1 Å². The topological polar surface area (TPSA) is 84.7 Å². The average molecular weight is 381 g/mol. The molecule has 3 N–H and O–H groups in total. The van der Waals surface area contributed by atoms with Crippen LogP contribution in [0, 0.1) is 0 Å². The maximum atomic E-state index is 12.1. The number of nitrogens with one attached hydrogen (secondary N) is 1. The van der Waals surface area contributed by atoms with Crippen molar-refractivity contribution < 1.29 is 14.3 Å². The van der Waals surface area contributed by atoms with Gasteiger partial charge in [-0.3, -0.25) is 14.5 Å². The Morgan fingerprint density at radius 2 is 1.75 bits per heavy atom. The molecule has 1 fully saturated rings. The van der Waals surface area contributed by atoms with Crippen molar-refractivity contribution in [3.05, 3.63) is 54.1 Å². The molecular weight excluding hydrogens is 354 g/mol. The van der Waals surface area contributed by atoms with E-state index in [0.717, 1.165) is 62.5 Å². The Kier molecular flexibility index (Phi) is 7.17. The van der Waals surface area contributed by atoms with Gasteiger partial charge in [0, 0.05) is 30.8 Å². The summed E-state index contributed by atoms with van der Waals surface area (Å²) in [6.07, 6.45) is 2.41. The van der Waals surface area contributed by atoms with Crippen molar-refractivity contribution in [1.82, 2.24) is 4.90 Å². The zero-order valence-electron chi connectivity index (χ0n) is 16.0. The second-order valence-corrected chi connectivity index (χ2v) is 6.98. The number of carbonyl (C=O) groups excluding carboxylic acids is 2. The largest absolute Gasteiger partial charge is 0.379 e. The lowest BCUT2D eigenvalue weighted by molar-refractivity contribution is -0.116. The second kappa shape index (κ2) is 10.0. The van der Waals surface area contributed by atoms with E-state index in [1.165, 1.54) is 0 Å². The summed E-state index contributed by atoms with van der Waals surface area (Å²) < 4.78 is 5.34. The molecule has 6 heteroatoms. The summed E-state index contributed by atoms with van der Waals surface area (Å²) in [4.78, 5) is 25.8. The van der Waals surface area contributed by atoms with Crippen molar-refractivity contribution in [3.63, 3.8) is 0 Å². The molecule has 2 aromatic carbocycles. The molecule has 0 unspecified atom stereocenters. The van der Waals surface area contributed by atoms with E-state index in [2.05, 4.69) is 10.2 Å². The molecule has 1 aliphatic heterocycles. The van der Waals surface area contributed by atoms with Crippen LogP contribution in [0.4, 0.5) is 5.69 Å². The summed E-state index contributed by atoms with van der Waals surface area (Å²) in [5.41, 5.74) is 8.47. The van der Waals surface area contributed by atoms with Crippen LogP contribution in [0.3, 0.4) is 0 Å². The number of ether oxygens (including phenoxy) is 1. The molecule has 0 bridgehead atoms. The fraction of sp³-hybridized carbons (Fsp3) is 0.364. The normalized spacial score (nSPS) is 14.6. The summed E-state index contributed by atoms with van der Waals surface area (Å²) in [7, 11) is 0. The van der Waals surface area contributed by atoms with Crippen LogP contribution >= 0.6 is 0 Å². The van der Waals surface area contributed by atoms with Crippen molar-refractivity contribution in [3.8, 4) is 11.1 Å². The Balaban J connectivity index is 1.45.